The van der Waals surface area contributed by atoms with Gasteiger partial charge in [0, 0.05) is 13.6 Å². The number of benzene rings is 2. The molecule has 1 radical (unpaired) electrons. The van der Waals surface area contributed by atoms with Gasteiger partial charge in [0.15, 0.2) is 7.28 Å². The van der Waals surface area contributed by atoms with E-state index in [1.807, 2.05) is 0 Å². The minimum Gasteiger partial charge on any atom is -0.393 e. The average molecular weight is 207 g/mol. The molecule has 0 N–H and O–H groups in total. The van der Waals surface area contributed by atoms with Gasteiger partial charge in [-0.1, -0.05) is 47.9 Å². The number of ether oxygens (including phenoxy) is 1. The van der Waals surface area contributed by atoms with E-state index in [1.54, 1.807) is 7.11 Å². The van der Waals surface area contributed by atoms with E-state index in [4.69, 9.17) is 4.74 Å². The first-order valence-corrected chi connectivity index (χ1v) is 5.46. The van der Waals surface area contributed by atoms with Crippen LogP contribution in [0.2, 0.25) is 0 Å². The van der Waals surface area contributed by atoms with Gasteiger partial charge in [-0.15, -0.1) is 0 Å². The predicted octanol–water partition coefficient (Wildman–Crippen LogP) is 2.26. The lowest BCUT2D eigenvalue weighted by atomic mass is 9.68. The SMILES string of the molecule is COC[B]c1ccc2cccc3c2c1C=C3. The van der Waals surface area contributed by atoms with Crippen molar-refractivity contribution < 1.29 is 4.74 Å². The quantitative estimate of drug-likeness (QED) is 0.598. The lowest BCUT2D eigenvalue weighted by Crippen LogP contribution is -2.21. The van der Waals surface area contributed by atoms with Gasteiger partial charge in [0.2, 0.25) is 0 Å². The van der Waals surface area contributed by atoms with Crippen LogP contribution in [0.3, 0.4) is 0 Å². The fourth-order valence-electron chi connectivity index (χ4n) is 2.30. The molecule has 16 heavy (non-hydrogen) atoms. The van der Waals surface area contributed by atoms with Gasteiger partial charge >= 0.3 is 0 Å². The van der Waals surface area contributed by atoms with Crippen LogP contribution < -0.4 is 5.46 Å². The van der Waals surface area contributed by atoms with Crippen molar-refractivity contribution in [3.05, 3.63) is 41.5 Å². The third-order valence-electron chi connectivity index (χ3n) is 3.05. The van der Waals surface area contributed by atoms with E-state index in [-0.39, 0.29) is 0 Å². The smallest absolute Gasteiger partial charge is 0.186 e. The second-order valence-corrected chi connectivity index (χ2v) is 4.01. The van der Waals surface area contributed by atoms with E-state index >= 15 is 0 Å². The van der Waals surface area contributed by atoms with Crippen molar-refractivity contribution in [3.63, 3.8) is 0 Å². The van der Waals surface area contributed by atoms with Gasteiger partial charge in [0.05, 0.1) is 0 Å². The molecular weight excluding hydrogens is 195 g/mol. The summed E-state index contributed by atoms with van der Waals surface area (Å²) in [5.41, 5.74) is 3.90. The summed E-state index contributed by atoms with van der Waals surface area (Å²) in [6.07, 6.45) is 4.38. The Morgan fingerprint density at radius 2 is 2.06 bits per heavy atom. The van der Waals surface area contributed by atoms with E-state index < -0.39 is 0 Å². The Hall–Kier alpha value is -1.54. The number of hydrogen-bond acceptors (Lipinski definition) is 1. The molecule has 0 aliphatic heterocycles. The average Bonchev–Trinajstić information content (AvgIpc) is 2.75. The molecule has 1 aliphatic carbocycles. The van der Waals surface area contributed by atoms with Crippen molar-refractivity contribution in [1.82, 2.24) is 0 Å². The Morgan fingerprint density at radius 1 is 1.12 bits per heavy atom. The van der Waals surface area contributed by atoms with Crippen LogP contribution in [0.4, 0.5) is 0 Å². The monoisotopic (exact) mass is 207 g/mol. The van der Waals surface area contributed by atoms with E-state index in [2.05, 4.69) is 49.8 Å². The molecule has 2 aromatic carbocycles. The molecule has 2 heteroatoms. The van der Waals surface area contributed by atoms with Crippen molar-refractivity contribution in [2.24, 2.45) is 0 Å². The van der Waals surface area contributed by atoms with Crippen LogP contribution in [0.25, 0.3) is 22.9 Å². The first kappa shape index (κ1) is 9.67. The number of rotatable bonds is 3. The van der Waals surface area contributed by atoms with Gasteiger partial charge < -0.3 is 4.74 Å². The van der Waals surface area contributed by atoms with Crippen molar-refractivity contribution >= 4 is 35.7 Å². The topological polar surface area (TPSA) is 9.23 Å². The number of hydrogen-bond donors (Lipinski definition) is 0. The van der Waals surface area contributed by atoms with Gasteiger partial charge in [-0.25, -0.2) is 0 Å². The summed E-state index contributed by atoms with van der Waals surface area (Å²) in [6.45, 7) is 0.661. The third kappa shape index (κ3) is 1.38. The van der Waals surface area contributed by atoms with Crippen LogP contribution in [0.15, 0.2) is 30.3 Å². The molecule has 0 bridgehead atoms. The molecule has 77 valence electrons. The molecule has 3 rings (SSSR count). The second-order valence-electron chi connectivity index (χ2n) is 4.01. The maximum atomic E-state index is 5.09. The van der Waals surface area contributed by atoms with Gasteiger partial charge in [-0.2, -0.15) is 0 Å². The Morgan fingerprint density at radius 3 is 2.94 bits per heavy atom. The van der Waals surface area contributed by atoms with Gasteiger partial charge in [-0.3, -0.25) is 0 Å². The first-order valence-electron chi connectivity index (χ1n) is 5.46. The summed E-state index contributed by atoms with van der Waals surface area (Å²) in [6, 6.07) is 10.8. The first-order chi connectivity index (χ1) is 7.90. The van der Waals surface area contributed by atoms with Crippen molar-refractivity contribution in [3.8, 4) is 0 Å². The lowest BCUT2D eigenvalue weighted by Gasteiger charge is -2.07. The molecule has 0 aromatic heterocycles. The van der Waals surface area contributed by atoms with E-state index in [9.17, 15) is 0 Å². The van der Waals surface area contributed by atoms with E-state index in [1.165, 1.54) is 27.4 Å². The van der Waals surface area contributed by atoms with Crippen molar-refractivity contribution in [2.75, 3.05) is 13.6 Å². The molecule has 0 saturated carbocycles. The summed E-state index contributed by atoms with van der Waals surface area (Å²) in [7, 11) is 3.85. The Bertz CT molecular complexity index is 572. The minimum absolute atomic E-state index is 0.661. The third-order valence-corrected chi connectivity index (χ3v) is 3.05. The maximum absolute atomic E-state index is 5.09. The molecule has 0 heterocycles. The summed E-state index contributed by atoms with van der Waals surface area (Å²) >= 11 is 0. The predicted molar refractivity (Wildman–Crippen MR) is 70.1 cm³/mol. The van der Waals surface area contributed by atoms with Gasteiger partial charge in [0.25, 0.3) is 0 Å². The molecular formula is C14H12BO. The van der Waals surface area contributed by atoms with Crippen LogP contribution in [0, 0.1) is 0 Å². The summed E-state index contributed by atoms with van der Waals surface area (Å²) in [4.78, 5) is 0. The highest BCUT2D eigenvalue weighted by Gasteiger charge is 2.12. The molecule has 0 saturated heterocycles. The fraction of sp³-hybridized carbons (Fsp3) is 0.143. The highest BCUT2D eigenvalue weighted by Crippen LogP contribution is 2.29. The van der Waals surface area contributed by atoms with Gasteiger partial charge in [-0.05, 0) is 21.9 Å². The zero-order valence-electron chi connectivity index (χ0n) is 9.23. The Kier molecular flexibility index (Phi) is 2.30. The van der Waals surface area contributed by atoms with Crippen LogP contribution in [0.5, 0.6) is 0 Å². The van der Waals surface area contributed by atoms with Crippen LogP contribution >= 0.6 is 0 Å². The molecule has 1 aliphatic rings. The van der Waals surface area contributed by atoms with E-state index in [0.717, 1.165) is 0 Å². The van der Waals surface area contributed by atoms with Crippen LogP contribution in [-0.2, 0) is 4.74 Å². The van der Waals surface area contributed by atoms with E-state index in [0.29, 0.717) is 6.51 Å². The zero-order chi connectivity index (χ0) is 11.0. The Labute approximate surface area is 96.0 Å². The second kappa shape index (κ2) is 3.80. The molecule has 2 aromatic rings. The zero-order valence-corrected chi connectivity index (χ0v) is 9.23. The standard InChI is InChI=1S/C14H12BO/c1-16-9-15-13-8-6-11-4-2-3-10-5-7-12(13)14(10)11/h2-8H,9H2,1H3. The van der Waals surface area contributed by atoms with Crippen molar-refractivity contribution in [1.29, 1.82) is 0 Å². The maximum Gasteiger partial charge on any atom is 0.186 e. The van der Waals surface area contributed by atoms with Gasteiger partial charge in [0.1, 0.15) is 0 Å². The molecule has 0 spiro atoms. The molecule has 0 unspecified atom stereocenters. The summed E-state index contributed by atoms with van der Waals surface area (Å²) in [5.74, 6) is 0. The van der Waals surface area contributed by atoms with Crippen LogP contribution in [-0.4, -0.2) is 20.9 Å². The molecule has 0 amide bonds. The van der Waals surface area contributed by atoms with Crippen molar-refractivity contribution in [2.45, 2.75) is 0 Å². The molecule has 0 atom stereocenters. The minimum atomic E-state index is 0.661. The number of methoxy groups -OCH3 is 1. The highest BCUT2D eigenvalue weighted by molar-refractivity contribution is 6.55. The van der Waals surface area contributed by atoms with Crippen LogP contribution in [0.1, 0.15) is 11.1 Å². The summed E-state index contributed by atoms with van der Waals surface area (Å²) in [5, 5.41) is 2.68. The Balaban J connectivity index is 2.18. The largest absolute Gasteiger partial charge is 0.393 e. The molecule has 0 fully saturated rings. The molecule has 1 nitrogen and oxygen atoms in total. The lowest BCUT2D eigenvalue weighted by molar-refractivity contribution is 0.252. The fourth-order valence-corrected chi connectivity index (χ4v) is 2.30. The highest BCUT2D eigenvalue weighted by atomic mass is 16.5. The summed E-state index contributed by atoms with van der Waals surface area (Å²) < 4.78 is 5.09. The normalized spacial score (nSPS) is 12.3.